The van der Waals surface area contributed by atoms with Crippen molar-refractivity contribution in [3.63, 3.8) is 0 Å². The number of hydrogen-bond donors (Lipinski definition) is 1. The molecule has 0 saturated carbocycles. The number of aryl methyl sites for hydroxylation is 1. The Hall–Kier alpha value is -2.15. The Morgan fingerprint density at radius 2 is 2.13 bits per heavy atom. The Labute approximate surface area is 135 Å². The highest BCUT2D eigenvalue weighted by atomic mass is 16.6. The molecule has 1 fully saturated rings. The summed E-state index contributed by atoms with van der Waals surface area (Å²) in [6.07, 6.45) is -0.390. The number of ether oxygens (including phenoxy) is 1. The molecular formula is C16H23N3O4. The maximum atomic E-state index is 12.2. The van der Waals surface area contributed by atoms with E-state index in [1.54, 1.807) is 30.0 Å². The van der Waals surface area contributed by atoms with Gasteiger partial charge in [-0.1, -0.05) is 18.2 Å². The van der Waals surface area contributed by atoms with E-state index in [9.17, 15) is 14.9 Å². The van der Waals surface area contributed by atoms with Crippen LogP contribution in [0.3, 0.4) is 0 Å². The van der Waals surface area contributed by atoms with Gasteiger partial charge in [-0.3, -0.25) is 10.1 Å². The van der Waals surface area contributed by atoms with Crippen molar-refractivity contribution in [3.05, 3.63) is 39.4 Å². The molecule has 0 spiro atoms. The SMILES string of the molecule is Cc1cccc(C2CN(C(=O)OC(C)(C)C)CCN2)c1[N+](=O)[O-]. The molecule has 7 nitrogen and oxygen atoms in total. The molecule has 1 amide bonds. The maximum absolute atomic E-state index is 12.2. The van der Waals surface area contributed by atoms with Crippen molar-refractivity contribution in [2.75, 3.05) is 19.6 Å². The van der Waals surface area contributed by atoms with Crippen LogP contribution < -0.4 is 5.32 Å². The van der Waals surface area contributed by atoms with Crippen molar-refractivity contribution in [1.82, 2.24) is 10.2 Å². The first kappa shape index (κ1) is 17.2. The zero-order valence-corrected chi connectivity index (χ0v) is 14.0. The third kappa shape index (κ3) is 4.19. The van der Waals surface area contributed by atoms with Gasteiger partial charge >= 0.3 is 6.09 Å². The second-order valence-electron chi connectivity index (χ2n) is 6.70. The number of nitrogens with zero attached hydrogens (tertiary/aromatic N) is 2. The summed E-state index contributed by atoms with van der Waals surface area (Å²) < 4.78 is 5.39. The average Bonchev–Trinajstić information content (AvgIpc) is 2.45. The van der Waals surface area contributed by atoms with Crippen molar-refractivity contribution in [2.45, 2.75) is 39.3 Å². The Bertz CT molecular complexity index is 610. The minimum absolute atomic E-state index is 0.107. The minimum Gasteiger partial charge on any atom is -0.444 e. The van der Waals surface area contributed by atoms with E-state index in [4.69, 9.17) is 4.74 Å². The van der Waals surface area contributed by atoms with E-state index in [-0.39, 0.29) is 22.7 Å². The Morgan fingerprint density at radius 1 is 1.43 bits per heavy atom. The summed E-state index contributed by atoms with van der Waals surface area (Å²) in [7, 11) is 0. The highest BCUT2D eigenvalue weighted by Crippen LogP contribution is 2.30. The van der Waals surface area contributed by atoms with Gasteiger partial charge in [-0.25, -0.2) is 4.79 Å². The van der Waals surface area contributed by atoms with Gasteiger partial charge in [0.25, 0.3) is 5.69 Å². The number of hydrogen-bond acceptors (Lipinski definition) is 5. The van der Waals surface area contributed by atoms with Crippen LogP contribution in [0, 0.1) is 17.0 Å². The number of piperazine rings is 1. The summed E-state index contributed by atoms with van der Waals surface area (Å²) in [4.78, 5) is 24.8. The molecule has 1 aliphatic heterocycles. The number of benzene rings is 1. The number of amides is 1. The average molecular weight is 321 g/mol. The van der Waals surface area contributed by atoms with Crippen LogP contribution >= 0.6 is 0 Å². The first-order valence-corrected chi connectivity index (χ1v) is 7.64. The molecule has 2 rings (SSSR count). The molecule has 1 unspecified atom stereocenters. The van der Waals surface area contributed by atoms with E-state index in [1.165, 1.54) is 0 Å². The van der Waals surface area contributed by atoms with Gasteiger partial charge in [0.15, 0.2) is 0 Å². The second kappa shape index (κ2) is 6.54. The van der Waals surface area contributed by atoms with Crippen LogP contribution in [0.2, 0.25) is 0 Å². The quantitative estimate of drug-likeness (QED) is 0.669. The Balaban J connectivity index is 2.21. The fourth-order valence-electron chi connectivity index (χ4n) is 2.66. The van der Waals surface area contributed by atoms with Crippen molar-refractivity contribution in [1.29, 1.82) is 0 Å². The molecule has 1 aliphatic rings. The van der Waals surface area contributed by atoms with E-state index in [0.29, 0.717) is 30.8 Å². The smallest absolute Gasteiger partial charge is 0.410 e. The van der Waals surface area contributed by atoms with Gasteiger partial charge in [0.1, 0.15) is 5.60 Å². The number of carbonyl (C=O) groups excluding carboxylic acids is 1. The Morgan fingerprint density at radius 3 is 2.74 bits per heavy atom. The monoisotopic (exact) mass is 321 g/mol. The van der Waals surface area contributed by atoms with Crippen LogP contribution in [-0.4, -0.2) is 41.2 Å². The zero-order valence-electron chi connectivity index (χ0n) is 14.0. The van der Waals surface area contributed by atoms with Crippen LogP contribution in [0.4, 0.5) is 10.5 Å². The summed E-state index contributed by atoms with van der Waals surface area (Å²) in [6.45, 7) is 8.59. The largest absolute Gasteiger partial charge is 0.444 e. The lowest BCUT2D eigenvalue weighted by Crippen LogP contribution is -2.49. The van der Waals surface area contributed by atoms with Crippen LogP contribution in [0.1, 0.15) is 37.9 Å². The van der Waals surface area contributed by atoms with Crippen LogP contribution in [0.25, 0.3) is 0 Å². The molecule has 23 heavy (non-hydrogen) atoms. The van der Waals surface area contributed by atoms with E-state index in [2.05, 4.69) is 5.32 Å². The van der Waals surface area contributed by atoms with Crippen molar-refractivity contribution < 1.29 is 14.5 Å². The van der Waals surface area contributed by atoms with Gasteiger partial charge in [-0.15, -0.1) is 0 Å². The summed E-state index contributed by atoms with van der Waals surface area (Å²) in [6, 6.07) is 4.97. The van der Waals surface area contributed by atoms with Crippen molar-refractivity contribution in [2.24, 2.45) is 0 Å². The minimum atomic E-state index is -0.563. The summed E-state index contributed by atoms with van der Waals surface area (Å²) in [5.74, 6) is 0. The first-order chi connectivity index (χ1) is 10.7. The third-order valence-electron chi connectivity index (χ3n) is 3.65. The van der Waals surface area contributed by atoms with E-state index >= 15 is 0 Å². The van der Waals surface area contributed by atoms with Crippen LogP contribution in [0.5, 0.6) is 0 Å². The van der Waals surface area contributed by atoms with E-state index in [0.717, 1.165) is 0 Å². The number of para-hydroxylation sites is 1. The molecule has 1 heterocycles. The lowest BCUT2D eigenvalue weighted by atomic mass is 9.99. The molecule has 0 aromatic heterocycles. The van der Waals surface area contributed by atoms with Gasteiger partial charge in [0, 0.05) is 30.8 Å². The predicted molar refractivity (Wildman–Crippen MR) is 86.4 cm³/mol. The van der Waals surface area contributed by atoms with E-state index in [1.807, 2.05) is 20.8 Å². The van der Waals surface area contributed by atoms with Gasteiger partial charge in [-0.2, -0.15) is 0 Å². The molecule has 7 heteroatoms. The second-order valence-corrected chi connectivity index (χ2v) is 6.70. The van der Waals surface area contributed by atoms with Gasteiger partial charge < -0.3 is 15.0 Å². The lowest BCUT2D eigenvalue weighted by Gasteiger charge is -2.35. The van der Waals surface area contributed by atoms with Crippen molar-refractivity contribution in [3.8, 4) is 0 Å². The molecule has 0 aliphatic carbocycles. The highest BCUT2D eigenvalue weighted by molar-refractivity contribution is 5.68. The molecule has 0 bridgehead atoms. The topological polar surface area (TPSA) is 84.7 Å². The molecule has 1 N–H and O–H groups in total. The number of nitrogens with one attached hydrogen (secondary N) is 1. The normalized spacial score (nSPS) is 18.6. The van der Waals surface area contributed by atoms with Crippen LogP contribution in [-0.2, 0) is 4.74 Å². The number of nitro groups is 1. The zero-order chi connectivity index (χ0) is 17.2. The molecule has 1 saturated heterocycles. The predicted octanol–water partition coefficient (Wildman–Crippen LogP) is 2.78. The Kier molecular flexibility index (Phi) is 4.89. The summed E-state index contributed by atoms with van der Waals surface area (Å²) >= 11 is 0. The number of rotatable bonds is 2. The molecular weight excluding hydrogens is 298 g/mol. The maximum Gasteiger partial charge on any atom is 0.410 e. The third-order valence-corrected chi connectivity index (χ3v) is 3.65. The summed E-state index contributed by atoms with van der Waals surface area (Å²) in [5, 5.41) is 14.6. The van der Waals surface area contributed by atoms with Gasteiger partial charge in [0.05, 0.1) is 11.0 Å². The first-order valence-electron chi connectivity index (χ1n) is 7.64. The molecule has 1 aromatic carbocycles. The molecule has 126 valence electrons. The molecule has 0 radical (unpaired) electrons. The number of carbonyl (C=O) groups is 1. The lowest BCUT2D eigenvalue weighted by molar-refractivity contribution is -0.386. The highest BCUT2D eigenvalue weighted by Gasteiger charge is 2.31. The summed E-state index contributed by atoms with van der Waals surface area (Å²) in [5.41, 5.74) is 0.760. The van der Waals surface area contributed by atoms with E-state index < -0.39 is 5.60 Å². The van der Waals surface area contributed by atoms with Crippen LogP contribution in [0.15, 0.2) is 18.2 Å². The molecule has 1 aromatic rings. The standard InChI is InChI=1S/C16H23N3O4/c1-11-6-5-7-12(14(11)19(21)22)13-10-18(9-8-17-13)15(20)23-16(2,3)4/h5-7,13,17H,8-10H2,1-4H3. The van der Waals surface area contributed by atoms with Crippen molar-refractivity contribution >= 4 is 11.8 Å². The van der Waals surface area contributed by atoms with Gasteiger partial charge in [0.2, 0.25) is 0 Å². The molecule has 1 atom stereocenters. The fourth-order valence-corrected chi connectivity index (χ4v) is 2.66. The number of nitro benzene ring substituents is 1. The fraction of sp³-hybridized carbons (Fsp3) is 0.562. The van der Waals surface area contributed by atoms with Gasteiger partial charge in [-0.05, 0) is 27.7 Å².